The van der Waals surface area contributed by atoms with Crippen LogP contribution >= 0.6 is 0 Å². The minimum absolute atomic E-state index is 0.123. The Balaban J connectivity index is 2.21. The molecule has 0 fully saturated rings. The van der Waals surface area contributed by atoms with Gasteiger partial charge in [-0.15, -0.1) is 0 Å². The van der Waals surface area contributed by atoms with Crippen LogP contribution in [-0.4, -0.2) is 22.4 Å². The van der Waals surface area contributed by atoms with Crippen LogP contribution < -0.4 is 4.74 Å². The van der Waals surface area contributed by atoms with E-state index in [-0.39, 0.29) is 11.8 Å². The molecule has 0 aliphatic carbocycles. The van der Waals surface area contributed by atoms with E-state index in [0.717, 1.165) is 11.0 Å². The number of hydrogen-bond donors (Lipinski definition) is 0. The van der Waals surface area contributed by atoms with E-state index in [1.54, 1.807) is 19.2 Å². The van der Waals surface area contributed by atoms with Gasteiger partial charge in [-0.05, 0) is 38.1 Å². The first kappa shape index (κ1) is 14.3. The maximum absolute atomic E-state index is 13.0. The molecule has 3 rings (SSSR count). The van der Waals surface area contributed by atoms with Crippen LogP contribution in [0.15, 0.2) is 48.5 Å². The smallest absolute Gasteiger partial charge is 0.232 e. The minimum atomic E-state index is -0.123. The molecule has 0 atom stereocenters. The molecule has 0 unspecified atom stereocenters. The van der Waals surface area contributed by atoms with Crippen molar-refractivity contribution in [2.24, 2.45) is 0 Å². The van der Waals surface area contributed by atoms with Gasteiger partial charge in [0.05, 0.1) is 23.7 Å². The maximum atomic E-state index is 13.0. The molecule has 0 spiro atoms. The molecule has 0 saturated carbocycles. The van der Waals surface area contributed by atoms with Gasteiger partial charge in [0.1, 0.15) is 5.75 Å². The van der Waals surface area contributed by atoms with Gasteiger partial charge in [-0.25, -0.2) is 4.98 Å². The fraction of sp³-hybridized carbons (Fsp3) is 0.222. The zero-order chi connectivity index (χ0) is 15.7. The number of carbonyl (C=O) groups is 1. The van der Waals surface area contributed by atoms with E-state index in [9.17, 15) is 4.79 Å². The molecule has 0 aliphatic rings. The topological polar surface area (TPSA) is 44.1 Å². The van der Waals surface area contributed by atoms with Crippen molar-refractivity contribution in [3.63, 3.8) is 0 Å². The van der Waals surface area contributed by atoms with Crippen molar-refractivity contribution in [1.29, 1.82) is 0 Å². The van der Waals surface area contributed by atoms with Gasteiger partial charge < -0.3 is 9.30 Å². The number of ketones is 1. The van der Waals surface area contributed by atoms with Gasteiger partial charge in [-0.2, -0.15) is 0 Å². The monoisotopic (exact) mass is 294 g/mol. The molecule has 2 aromatic carbocycles. The van der Waals surface area contributed by atoms with Crippen LogP contribution in [0.4, 0.5) is 0 Å². The number of methoxy groups -OCH3 is 1. The third-order valence-electron chi connectivity index (χ3n) is 3.67. The summed E-state index contributed by atoms with van der Waals surface area (Å²) in [5.41, 5.74) is 2.33. The number of rotatable bonds is 4. The summed E-state index contributed by atoms with van der Waals surface area (Å²) in [4.78, 5) is 17.5. The molecule has 0 radical (unpaired) electrons. The number of benzene rings is 2. The summed E-state index contributed by atoms with van der Waals surface area (Å²) in [7, 11) is 1.57. The SMILES string of the molecule is COc1ccccc1C(=O)c1nc2ccccc2n1C(C)C. The molecular formula is C18H18N2O2. The third kappa shape index (κ3) is 2.26. The van der Waals surface area contributed by atoms with Gasteiger partial charge in [0.15, 0.2) is 5.82 Å². The van der Waals surface area contributed by atoms with Crippen molar-refractivity contribution in [2.75, 3.05) is 7.11 Å². The predicted octanol–water partition coefficient (Wildman–Crippen LogP) is 3.86. The Morgan fingerprint density at radius 3 is 2.50 bits per heavy atom. The first-order valence-electron chi connectivity index (χ1n) is 7.28. The summed E-state index contributed by atoms with van der Waals surface area (Å²) in [5, 5.41) is 0. The lowest BCUT2D eigenvalue weighted by atomic mass is 10.1. The summed E-state index contributed by atoms with van der Waals surface area (Å²) in [6.07, 6.45) is 0. The van der Waals surface area contributed by atoms with Gasteiger partial charge in [-0.1, -0.05) is 24.3 Å². The molecule has 1 heterocycles. The Morgan fingerprint density at radius 2 is 1.77 bits per heavy atom. The van der Waals surface area contributed by atoms with E-state index in [0.29, 0.717) is 17.1 Å². The second-order valence-electron chi connectivity index (χ2n) is 5.42. The highest BCUT2D eigenvalue weighted by molar-refractivity contribution is 6.10. The van der Waals surface area contributed by atoms with Gasteiger partial charge in [-0.3, -0.25) is 4.79 Å². The van der Waals surface area contributed by atoms with Crippen LogP contribution in [-0.2, 0) is 0 Å². The van der Waals surface area contributed by atoms with Gasteiger partial charge in [0.2, 0.25) is 5.78 Å². The number of hydrogen-bond acceptors (Lipinski definition) is 3. The number of ether oxygens (including phenoxy) is 1. The Labute approximate surface area is 129 Å². The van der Waals surface area contributed by atoms with E-state index >= 15 is 0 Å². The summed E-state index contributed by atoms with van der Waals surface area (Å²) in [5.74, 6) is 0.887. The molecule has 0 saturated heterocycles. The highest BCUT2D eigenvalue weighted by Crippen LogP contribution is 2.26. The highest BCUT2D eigenvalue weighted by atomic mass is 16.5. The number of carbonyl (C=O) groups excluding carboxylic acids is 1. The first-order chi connectivity index (χ1) is 10.6. The Hall–Kier alpha value is -2.62. The Kier molecular flexibility index (Phi) is 3.67. The largest absolute Gasteiger partial charge is 0.496 e. The molecule has 22 heavy (non-hydrogen) atoms. The van der Waals surface area contributed by atoms with Gasteiger partial charge in [0.25, 0.3) is 0 Å². The van der Waals surface area contributed by atoms with Crippen molar-refractivity contribution in [2.45, 2.75) is 19.9 Å². The van der Waals surface area contributed by atoms with E-state index in [1.807, 2.05) is 54.8 Å². The van der Waals surface area contributed by atoms with E-state index in [2.05, 4.69) is 4.98 Å². The molecule has 1 aromatic heterocycles. The van der Waals surface area contributed by atoms with Crippen LogP contribution in [0.1, 0.15) is 36.1 Å². The number of imidazole rings is 1. The fourth-order valence-corrected chi connectivity index (χ4v) is 2.68. The lowest BCUT2D eigenvalue weighted by Crippen LogP contribution is -2.14. The highest BCUT2D eigenvalue weighted by Gasteiger charge is 2.22. The summed E-state index contributed by atoms with van der Waals surface area (Å²) < 4.78 is 7.28. The Bertz CT molecular complexity index is 834. The Morgan fingerprint density at radius 1 is 1.09 bits per heavy atom. The average molecular weight is 294 g/mol. The quantitative estimate of drug-likeness (QED) is 0.686. The number of para-hydroxylation sites is 3. The predicted molar refractivity (Wildman–Crippen MR) is 86.5 cm³/mol. The van der Waals surface area contributed by atoms with E-state index < -0.39 is 0 Å². The molecule has 0 N–H and O–H groups in total. The van der Waals surface area contributed by atoms with Crippen molar-refractivity contribution in [3.05, 3.63) is 59.9 Å². The van der Waals surface area contributed by atoms with Crippen LogP contribution in [0.25, 0.3) is 11.0 Å². The molecule has 0 bridgehead atoms. The molecule has 4 nitrogen and oxygen atoms in total. The van der Waals surface area contributed by atoms with Crippen LogP contribution in [0, 0.1) is 0 Å². The second-order valence-corrected chi connectivity index (χ2v) is 5.42. The lowest BCUT2D eigenvalue weighted by Gasteiger charge is -2.13. The maximum Gasteiger partial charge on any atom is 0.232 e. The zero-order valence-electron chi connectivity index (χ0n) is 12.9. The van der Waals surface area contributed by atoms with Crippen LogP contribution in [0.3, 0.4) is 0 Å². The molecule has 0 aliphatic heterocycles. The van der Waals surface area contributed by atoms with Gasteiger partial charge in [0, 0.05) is 6.04 Å². The minimum Gasteiger partial charge on any atom is -0.496 e. The number of nitrogens with zero attached hydrogens (tertiary/aromatic N) is 2. The summed E-state index contributed by atoms with van der Waals surface area (Å²) >= 11 is 0. The lowest BCUT2D eigenvalue weighted by molar-refractivity contribution is 0.102. The van der Waals surface area contributed by atoms with Crippen molar-refractivity contribution in [1.82, 2.24) is 9.55 Å². The van der Waals surface area contributed by atoms with Crippen molar-refractivity contribution >= 4 is 16.8 Å². The first-order valence-corrected chi connectivity index (χ1v) is 7.28. The standard InChI is InChI=1S/C18H18N2O2/c1-12(2)20-15-10-6-5-9-14(15)19-18(20)17(21)13-8-4-7-11-16(13)22-3/h4-12H,1-3H3. The van der Waals surface area contributed by atoms with Crippen LogP contribution in [0.5, 0.6) is 5.75 Å². The normalized spacial score (nSPS) is 11.1. The van der Waals surface area contributed by atoms with Crippen molar-refractivity contribution < 1.29 is 9.53 Å². The number of fused-ring (bicyclic) bond motifs is 1. The zero-order valence-corrected chi connectivity index (χ0v) is 12.9. The molecular weight excluding hydrogens is 276 g/mol. The second kappa shape index (κ2) is 5.64. The summed E-state index contributed by atoms with van der Waals surface area (Å²) in [6.45, 7) is 4.10. The van der Waals surface area contributed by atoms with E-state index in [4.69, 9.17) is 4.74 Å². The average Bonchev–Trinajstić information content (AvgIpc) is 2.93. The van der Waals surface area contributed by atoms with Crippen molar-refractivity contribution in [3.8, 4) is 5.75 Å². The third-order valence-corrected chi connectivity index (χ3v) is 3.67. The van der Waals surface area contributed by atoms with E-state index in [1.165, 1.54) is 0 Å². The molecule has 0 amide bonds. The van der Waals surface area contributed by atoms with Crippen LogP contribution in [0.2, 0.25) is 0 Å². The molecule has 4 heteroatoms. The molecule has 3 aromatic rings. The van der Waals surface area contributed by atoms with Gasteiger partial charge >= 0.3 is 0 Å². The fourth-order valence-electron chi connectivity index (χ4n) is 2.68. The number of aromatic nitrogens is 2. The molecule has 112 valence electrons. The summed E-state index contributed by atoms with van der Waals surface area (Å²) in [6, 6.07) is 15.2.